The van der Waals surface area contributed by atoms with Crippen molar-refractivity contribution in [3.8, 4) is 11.1 Å². The van der Waals surface area contributed by atoms with Crippen LogP contribution in [0, 0.1) is 17.7 Å². The Labute approximate surface area is 169 Å². The van der Waals surface area contributed by atoms with Gasteiger partial charge in [0.15, 0.2) is 0 Å². The van der Waals surface area contributed by atoms with Crippen molar-refractivity contribution in [3.05, 3.63) is 58.3 Å². The molecule has 0 radical (unpaired) electrons. The highest BCUT2D eigenvalue weighted by atomic mass is 19.1. The molecule has 29 heavy (non-hydrogen) atoms. The molecule has 3 heterocycles. The van der Waals surface area contributed by atoms with E-state index in [0.29, 0.717) is 24.2 Å². The lowest BCUT2D eigenvalue weighted by molar-refractivity contribution is -0.135. The van der Waals surface area contributed by atoms with Gasteiger partial charge in [0.1, 0.15) is 5.82 Å². The molecule has 1 fully saturated rings. The van der Waals surface area contributed by atoms with Gasteiger partial charge in [-0.3, -0.25) is 14.5 Å². The smallest absolute Gasteiger partial charge is 0.258 e. The lowest BCUT2D eigenvalue weighted by Crippen LogP contribution is -2.47. The zero-order valence-corrected chi connectivity index (χ0v) is 16.9. The molecule has 1 aromatic carbocycles. The topological polar surface area (TPSA) is 65.8 Å². The van der Waals surface area contributed by atoms with E-state index >= 15 is 0 Å². The highest BCUT2D eigenvalue weighted by Crippen LogP contribution is 2.49. The van der Waals surface area contributed by atoms with E-state index in [0.717, 1.165) is 5.69 Å². The van der Waals surface area contributed by atoms with Gasteiger partial charge in [-0.15, -0.1) is 0 Å². The number of carbonyl (C=O) groups excluding carboxylic acids is 1. The maximum absolute atomic E-state index is 13.6. The van der Waals surface area contributed by atoms with Gasteiger partial charge in [-0.05, 0) is 36.4 Å². The van der Waals surface area contributed by atoms with Crippen LogP contribution in [-0.2, 0) is 11.3 Å². The number of aliphatic hydroxyl groups excluding tert-OH is 1. The monoisotopic (exact) mass is 399 g/mol. The van der Waals surface area contributed by atoms with E-state index in [1.165, 1.54) is 12.1 Å². The number of likely N-dealkylation sites (N-methyl/N-ethyl adjacent to an activating group) is 2. The van der Waals surface area contributed by atoms with Crippen molar-refractivity contribution in [2.45, 2.75) is 25.6 Å². The highest BCUT2D eigenvalue weighted by Gasteiger charge is 2.55. The molecule has 1 saturated heterocycles. The molecule has 1 amide bonds. The number of aromatic nitrogens is 1. The second-order valence-electron chi connectivity index (χ2n) is 8.06. The van der Waals surface area contributed by atoms with E-state index < -0.39 is 6.04 Å². The molecule has 1 aromatic heterocycles. The average molecular weight is 399 g/mol. The first-order chi connectivity index (χ1) is 13.9. The number of halogens is 1. The number of aliphatic hydroxyl groups is 1. The van der Waals surface area contributed by atoms with Crippen molar-refractivity contribution in [1.82, 2.24) is 14.4 Å². The summed E-state index contributed by atoms with van der Waals surface area (Å²) in [7, 11) is 3.45. The van der Waals surface area contributed by atoms with Crippen LogP contribution in [-0.4, -0.2) is 58.7 Å². The van der Waals surface area contributed by atoms with E-state index in [1.807, 2.05) is 13.0 Å². The highest BCUT2D eigenvalue weighted by molar-refractivity contribution is 5.82. The van der Waals surface area contributed by atoms with Gasteiger partial charge in [0.25, 0.3) is 5.56 Å². The van der Waals surface area contributed by atoms with Crippen LogP contribution >= 0.6 is 0 Å². The van der Waals surface area contributed by atoms with Crippen molar-refractivity contribution in [2.24, 2.45) is 11.8 Å². The third-order valence-electron chi connectivity index (χ3n) is 6.39. The summed E-state index contributed by atoms with van der Waals surface area (Å²) in [6, 6.07) is 9.19. The minimum absolute atomic E-state index is 0.0226. The molecule has 4 rings (SSSR count). The van der Waals surface area contributed by atoms with Crippen molar-refractivity contribution in [3.63, 3.8) is 0 Å². The minimum Gasteiger partial charge on any atom is -0.396 e. The molecule has 0 saturated carbocycles. The third kappa shape index (κ3) is 3.00. The standard InChI is InChI=1S/C22H26FN3O3/c1-4-25-19-16(17(12-27)20(25)22(29)24(2)3)11-26-18(19)9-8-15(21(26)28)13-6-5-7-14(23)10-13/h5-10,16-17,19-20,27H,4,11-12H2,1-3H3/t16-,17-,19+,20-/m1/s1. The molecule has 0 aliphatic carbocycles. The maximum Gasteiger partial charge on any atom is 0.258 e. The Morgan fingerprint density at radius 1 is 1.28 bits per heavy atom. The molecule has 2 aliphatic rings. The minimum atomic E-state index is -0.401. The molecule has 0 bridgehead atoms. The fourth-order valence-corrected chi connectivity index (χ4v) is 5.10. The lowest BCUT2D eigenvalue weighted by atomic mass is 9.88. The number of benzene rings is 1. The predicted octanol–water partition coefficient (Wildman–Crippen LogP) is 1.73. The zero-order valence-electron chi connectivity index (χ0n) is 16.9. The van der Waals surface area contributed by atoms with E-state index in [4.69, 9.17) is 0 Å². The molecule has 2 aromatic rings. The molecule has 154 valence electrons. The Balaban J connectivity index is 1.79. The Kier molecular flexibility index (Phi) is 5.04. The Bertz CT molecular complexity index is 1000. The number of carbonyl (C=O) groups is 1. The molecular weight excluding hydrogens is 373 g/mol. The van der Waals surface area contributed by atoms with Gasteiger partial charge in [-0.25, -0.2) is 4.39 Å². The fourth-order valence-electron chi connectivity index (χ4n) is 5.10. The van der Waals surface area contributed by atoms with E-state index in [-0.39, 0.29) is 41.8 Å². The number of hydrogen-bond acceptors (Lipinski definition) is 4. The van der Waals surface area contributed by atoms with E-state index in [1.54, 1.807) is 41.8 Å². The summed E-state index contributed by atoms with van der Waals surface area (Å²) in [6.45, 7) is 2.97. The molecule has 6 nitrogen and oxygen atoms in total. The Hall–Kier alpha value is -2.51. The van der Waals surface area contributed by atoms with Crippen LogP contribution in [0.2, 0.25) is 0 Å². The molecule has 4 atom stereocenters. The number of fused-ring (bicyclic) bond motifs is 3. The largest absolute Gasteiger partial charge is 0.396 e. The first kappa shape index (κ1) is 19.8. The summed E-state index contributed by atoms with van der Waals surface area (Å²) in [4.78, 5) is 29.7. The second kappa shape index (κ2) is 7.39. The number of nitrogens with zero attached hydrogens (tertiary/aromatic N) is 3. The van der Waals surface area contributed by atoms with E-state index in [9.17, 15) is 19.1 Å². The number of rotatable bonds is 4. The van der Waals surface area contributed by atoms with Gasteiger partial charge in [-0.1, -0.05) is 19.1 Å². The summed E-state index contributed by atoms with van der Waals surface area (Å²) in [5.74, 6) is -0.673. The van der Waals surface area contributed by atoms with Gasteiger partial charge in [0.2, 0.25) is 5.91 Å². The van der Waals surface area contributed by atoms with Crippen molar-refractivity contribution in [1.29, 1.82) is 0 Å². The van der Waals surface area contributed by atoms with Gasteiger partial charge in [0, 0.05) is 50.3 Å². The molecule has 0 unspecified atom stereocenters. The van der Waals surface area contributed by atoms with Crippen LogP contribution in [0.15, 0.2) is 41.2 Å². The predicted molar refractivity (Wildman–Crippen MR) is 108 cm³/mol. The maximum atomic E-state index is 13.6. The fraction of sp³-hybridized carbons (Fsp3) is 0.455. The number of pyridine rings is 1. The number of amides is 1. The van der Waals surface area contributed by atoms with Crippen LogP contribution in [0.4, 0.5) is 4.39 Å². The summed E-state index contributed by atoms with van der Waals surface area (Å²) < 4.78 is 15.4. The van der Waals surface area contributed by atoms with Crippen molar-refractivity contribution >= 4 is 5.91 Å². The molecular formula is C22H26FN3O3. The van der Waals surface area contributed by atoms with Gasteiger partial charge < -0.3 is 14.6 Å². The molecule has 2 aliphatic heterocycles. The Morgan fingerprint density at radius 3 is 2.66 bits per heavy atom. The number of hydrogen-bond donors (Lipinski definition) is 1. The Morgan fingerprint density at radius 2 is 2.03 bits per heavy atom. The summed E-state index contributed by atoms with van der Waals surface area (Å²) >= 11 is 0. The SMILES string of the molecule is CCN1[C@@H]2c3ccc(-c4cccc(F)c4)c(=O)n3C[C@@H]2[C@@H](CO)[C@@H]1C(=O)N(C)C. The normalized spacial score (nSPS) is 25.7. The average Bonchev–Trinajstić information content (AvgIpc) is 3.22. The summed E-state index contributed by atoms with van der Waals surface area (Å²) in [5.41, 5.74) is 1.70. The summed E-state index contributed by atoms with van der Waals surface area (Å²) in [6.07, 6.45) is 0. The van der Waals surface area contributed by atoms with Crippen LogP contribution in [0.5, 0.6) is 0 Å². The zero-order chi connectivity index (χ0) is 20.9. The van der Waals surface area contributed by atoms with Crippen molar-refractivity contribution < 1.29 is 14.3 Å². The second-order valence-corrected chi connectivity index (χ2v) is 8.06. The first-order valence-electron chi connectivity index (χ1n) is 9.96. The van der Waals surface area contributed by atoms with Crippen LogP contribution in [0.3, 0.4) is 0 Å². The van der Waals surface area contributed by atoms with Crippen LogP contribution in [0.1, 0.15) is 18.7 Å². The van der Waals surface area contributed by atoms with Gasteiger partial charge >= 0.3 is 0 Å². The summed E-state index contributed by atoms with van der Waals surface area (Å²) in [5, 5.41) is 10.1. The number of likely N-dealkylation sites (tertiary alicyclic amines) is 1. The molecule has 7 heteroatoms. The van der Waals surface area contributed by atoms with Crippen LogP contribution < -0.4 is 5.56 Å². The van der Waals surface area contributed by atoms with E-state index in [2.05, 4.69) is 4.90 Å². The first-order valence-corrected chi connectivity index (χ1v) is 9.96. The quantitative estimate of drug-likeness (QED) is 0.850. The molecule has 0 spiro atoms. The third-order valence-corrected chi connectivity index (χ3v) is 6.39. The van der Waals surface area contributed by atoms with Crippen molar-refractivity contribution in [2.75, 3.05) is 27.2 Å². The lowest BCUT2D eigenvalue weighted by Gasteiger charge is -2.31. The molecule has 1 N–H and O–H groups in total. The van der Waals surface area contributed by atoms with Gasteiger partial charge in [-0.2, -0.15) is 0 Å². The van der Waals surface area contributed by atoms with Crippen LogP contribution in [0.25, 0.3) is 11.1 Å². The van der Waals surface area contributed by atoms with Gasteiger partial charge in [0.05, 0.1) is 12.1 Å².